The molecule has 0 bridgehead atoms. The lowest BCUT2D eigenvalue weighted by atomic mass is 10.1. The first-order chi connectivity index (χ1) is 10.2. The van der Waals surface area contributed by atoms with Gasteiger partial charge < -0.3 is 20.0 Å². The van der Waals surface area contributed by atoms with Crippen LogP contribution in [0, 0.1) is 0 Å². The summed E-state index contributed by atoms with van der Waals surface area (Å²) in [5.74, 6) is -0.257. The molecule has 3 aliphatic rings. The molecule has 128 valence electrons. The van der Waals surface area contributed by atoms with Gasteiger partial charge in [-0.15, -0.1) is 0 Å². The summed E-state index contributed by atoms with van der Waals surface area (Å²) in [7, 11) is -6.29. The lowest BCUT2D eigenvalue weighted by Gasteiger charge is -2.36. The molecule has 0 unspecified atom stereocenters. The van der Waals surface area contributed by atoms with Crippen LogP contribution in [0.25, 0.3) is 0 Å². The van der Waals surface area contributed by atoms with Gasteiger partial charge in [0, 0.05) is 0 Å². The highest BCUT2D eigenvalue weighted by molar-refractivity contribution is 7.92. The van der Waals surface area contributed by atoms with Gasteiger partial charge in [-0.25, -0.2) is 16.8 Å². The smallest absolute Gasteiger partial charge is 0.159 e. The van der Waals surface area contributed by atoms with Crippen molar-refractivity contribution in [2.45, 2.75) is 24.3 Å². The predicted molar refractivity (Wildman–Crippen MR) is 78.3 cm³/mol. The van der Waals surface area contributed by atoms with Crippen LogP contribution in [0.4, 0.5) is 0 Å². The minimum atomic E-state index is -3.14. The van der Waals surface area contributed by atoms with Crippen molar-refractivity contribution in [1.29, 1.82) is 0 Å². The summed E-state index contributed by atoms with van der Waals surface area (Å²) in [6, 6.07) is -0.549. The zero-order valence-electron chi connectivity index (χ0n) is 12.3. The molecule has 0 aromatic heterocycles. The Morgan fingerprint density at radius 1 is 0.636 bits per heavy atom. The number of aliphatic hydroxyl groups is 2. The van der Waals surface area contributed by atoms with Crippen LogP contribution in [-0.2, 0) is 19.7 Å². The van der Waals surface area contributed by atoms with E-state index in [1.54, 1.807) is 0 Å². The van der Waals surface area contributed by atoms with Gasteiger partial charge in [0.15, 0.2) is 19.7 Å². The van der Waals surface area contributed by atoms with E-state index in [-0.39, 0.29) is 35.1 Å². The third-order valence-corrected chi connectivity index (χ3v) is 8.66. The van der Waals surface area contributed by atoms with Crippen LogP contribution < -0.4 is 9.80 Å². The van der Waals surface area contributed by atoms with Gasteiger partial charge in [0.05, 0.1) is 11.5 Å². The van der Waals surface area contributed by atoms with Crippen LogP contribution in [0.15, 0.2) is 0 Å². The predicted octanol–water partition coefficient (Wildman–Crippen LogP) is -5.91. The molecule has 4 N–H and O–H groups in total. The first-order valence-electron chi connectivity index (χ1n) is 7.63. The highest BCUT2D eigenvalue weighted by Crippen LogP contribution is 2.11. The Morgan fingerprint density at radius 3 is 1.18 bits per heavy atom. The largest absolute Gasteiger partial charge is 0.386 e. The molecule has 3 fully saturated rings. The topological polar surface area (TPSA) is 118 Å². The molecule has 3 heterocycles. The Bertz CT molecular complexity index is 570. The molecule has 0 radical (unpaired) electrons. The SMILES string of the molecule is O=S1(=O)C[C@@H](O)[C@H]([NH+]2CC[NH+]([C@@H]3CS(=O)(=O)C[C@@H]3O)CC2)C1. The van der Waals surface area contributed by atoms with Crippen molar-refractivity contribution in [3.63, 3.8) is 0 Å². The van der Waals surface area contributed by atoms with Crippen molar-refractivity contribution in [2.75, 3.05) is 49.2 Å². The molecule has 0 aliphatic carbocycles. The van der Waals surface area contributed by atoms with Gasteiger partial charge in [0.1, 0.15) is 62.0 Å². The van der Waals surface area contributed by atoms with E-state index >= 15 is 0 Å². The van der Waals surface area contributed by atoms with Crippen LogP contribution in [-0.4, -0.2) is 101 Å². The number of hydrogen-bond donors (Lipinski definition) is 4. The zero-order chi connectivity index (χ0) is 16.1. The van der Waals surface area contributed by atoms with Crippen molar-refractivity contribution >= 4 is 19.7 Å². The summed E-state index contributed by atoms with van der Waals surface area (Å²) < 4.78 is 46.4. The molecule has 10 heteroatoms. The standard InChI is InChI=1S/C12H22N2O6S2/c15-11-7-21(17,18)5-9(11)13-1-2-14(4-3-13)10-6-22(19,20)8-12(10)16/h9-12,15-16H,1-8H2/p+2/t9-,10-,11-,12+/m1/s1. The van der Waals surface area contributed by atoms with E-state index in [9.17, 15) is 27.0 Å². The molecule has 0 amide bonds. The molecule has 0 aromatic rings. The van der Waals surface area contributed by atoms with E-state index < -0.39 is 31.9 Å². The molecule has 0 spiro atoms. The van der Waals surface area contributed by atoms with Gasteiger partial charge in [-0.05, 0) is 0 Å². The van der Waals surface area contributed by atoms with Gasteiger partial charge in [-0.3, -0.25) is 0 Å². The molecular weight excluding hydrogens is 332 g/mol. The van der Waals surface area contributed by atoms with E-state index in [0.717, 1.165) is 9.80 Å². The fourth-order valence-corrected chi connectivity index (χ4v) is 7.86. The third kappa shape index (κ3) is 3.31. The summed E-state index contributed by atoms with van der Waals surface area (Å²) in [6.45, 7) is 2.76. The summed E-state index contributed by atoms with van der Waals surface area (Å²) in [4.78, 5) is 2.15. The van der Waals surface area contributed by atoms with E-state index in [1.165, 1.54) is 0 Å². The fraction of sp³-hybridized carbons (Fsp3) is 1.00. The Labute approximate surface area is 130 Å². The average Bonchev–Trinajstić information content (AvgIpc) is 2.84. The molecule has 4 atom stereocenters. The second kappa shape index (κ2) is 5.67. The number of hydrogen-bond acceptors (Lipinski definition) is 6. The van der Waals surface area contributed by atoms with Gasteiger partial charge >= 0.3 is 0 Å². The first kappa shape index (κ1) is 16.6. The number of sulfone groups is 2. The number of aliphatic hydroxyl groups excluding tert-OH is 2. The molecule has 3 saturated heterocycles. The Kier molecular flexibility index (Phi) is 4.28. The van der Waals surface area contributed by atoms with Gasteiger partial charge in [-0.2, -0.15) is 0 Å². The Hall–Kier alpha value is -0.260. The summed E-state index contributed by atoms with van der Waals surface area (Å²) in [6.07, 6.45) is -1.61. The quantitative estimate of drug-likeness (QED) is 0.391. The molecule has 22 heavy (non-hydrogen) atoms. The zero-order valence-corrected chi connectivity index (χ0v) is 13.9. The van der Waals surface area contributed by atoms with E-state index in [2.05, 4.69) is 0 Å². The van der Waals surface area contributed by atoms with E-state index in [1.807, 2.05) is 0 Å². The van der Waals surface area contributed by atoms with Crippen LogP contribution in [0.5, 0.6) is 0 Å². The minimum Gasteiger partial charge on any atom is -0.386 e. The maximum Gasteiger partial charge on any atom is 0.159 e. The van der Waals surface area contributed by atoms with E-state index in [4.69, 9.17) is 0 Å². The number of nitrogens with one attached hydrogen (secondary N) is 2. The highest BCUT2D eigenvalue weighted by atomic mass is 32.2. The summed E-state index contributed by atoms with van der Waals surface area (Å²) in [5, 5.41) is 19.9. The number of rotatable bonds is 2. The fourth-order valence-electron chi connectivity index (χ4n) is 4.07. The highest BCUT2D eigenvalue weighted by Gasteiger charge is 2.48. The normalized spacial score (nSPS) is 47.5. The van der Waals surface area contributed by atoms with Crippen molar-refractivity contribution in [3.05, 3.63) is 0 Å². The summed E-state index contributed by atoms with van der Waals surface area (Å²) in [5.41, 5.74) is 0. The lowest BCUT2D eigenvalue weighted by molar-refractivity contribution is -1.03. The average molecular weight is 356 g/mol. The monoisotopic (exact) mass is 356 g/mol. The minimum absolute atomic E-state index is 0.0270. The third-order valence-electron chi connectivity index (χ3n) is 5.23. The number of piperazine rings is 1. The molecule has 8 nitrogen and oxygen atoms in total. The van der Waals surface area contributed by atoms with E-state index in [0.29, 0.717) is 26.2 Å². The Balaban J connectivity index is 1.59. The molecule has 0 saturated carbocycles. The van der Waals surface area contributed by atoms with Crippen molar-refractivity contribution in [1.82, 2.24) is 0 Å². The number of quaternary nitrogens is 2. The van der Waals surface area contributed by atoms with Gasteiger partial charge in [0.2, 0.25) is 0 Å². The maximum absolute atomic E-state index is 11.6. The van der Waals surface area contributed by atoms with Crippen molar-refractivity contribution < 1.29 is 36.8 Å². The molecule has 3 rings (SSSR count). The second-order valence-electron chi connectivity index (χ2n) is 6.82. The van der Waals surface area contributed by atoms with Crippen LogP contribution in [0.1, 0.15) is 0 Å². The summed E-state index contributed by atoms with van der Waals surface area (Å²) >= 11 is 0. The van der Waals surface area contributed by atoms with Gasteiger partial charge in [-0.1, -0.05) is 0 Å². The van der Waals surface area contributed by atoms with Gasteiger partial charge in [0.25, 0.3) is 0 Å². The van der Waals surface area contributed by atoms with Crippen LogP contribution in [0.3, 0.4) is 0 Å². The van der Waals surface area contributed by atoms with Crippen LogP contribution in [0.2, 0.25) is 0 Å². The second-order valence-corrected chi connectivity index (χ2v) is 11.1. The first-order valence-corrected chi connectivity index (χ1v) is 11.3. The molecular formula is C12H24N2O6S2+2. The van der Waals surface area contributed by atoms with Crippen LogP contribution >= 0.6 is 0 Å². The van der Waals surface area contributed by atoms with Crippen molar-refractivity contribution in [2.24, 2.45) is 0 Å². The molecule has 0 aromatic carbocycles. The van der Waals surface area contributed by atoms with Crippen molar-refractivity contribution in [3.8, 4) is 0 Å². The maximum atomic E-state index is 11.6. The lowest BCUT2D eigenvalue weighted by Crippen LogP contribution is -3.32. The molecule has 3 aliphatic heterocycles. The Morgan fingerprint density at radius 2 is 0.955 bits per heavy atom.